The average Bonchev–Trinajstić information content (AvgIpc) is 3.19. The lowest BCUT2D eigenvalue weighted by Gasteiger charge is -2.27. The molecule has 5 rings (SSSR count). The zero-order chi connectivity index (χ0) is 19.8. The molecule has 0 aromatic carbocycles. The van der Waals surface area contributed by atoms with Gasteiger partial charge >= 0.3 is 0 Å². The van der Waals surface area contributed by atoms with Gasteiger partial charge in [0.2, 0.25) is 5.43 Å². The molecule has 2 aliphatic rings. The summed E-state index contributed by atoms with van der Waals surface area (Å²) in [4.78, 5) is 32.1. The van der Waals surface area contributed by atoms with E-state index in [9.17, 15) is 14.0 Å². The van der Waals surface area contributed by atoms with E-state index in [-0.39, 0.29) is 34.1 Å². The third kappa shape index (κ3) is 2.60. The summed E-state index contributed by atoms with van der Waals surface area (Å²) in [7, 11) is 0. The number of H-pyrrole nitrogens is 1. The molecule has 7 nitrogen and oxygen atoms in total. The minimum Gasteiger partial charge on any atom is -0.354 e. The van der Waals surface area contributed by atoms with Crippen LogP contribution in [0.2, 0.25) is 0 Å². The summed E-state index contributed by atoms with van der Waals surface area (Å²) in [5.74, 6) is -0.0314. The number of nitrogens with zero attached hydrogens (tertiary/aromatic N) is 3. The van der Waals surface area contributed by atoms with Crippen LogP contribution < -0.4 is 21.6 Å². The van der Waals surface area contributed by atoms with Crippen molar-refractivity contribution < 1.29 is 4.39 Å². The third-order valence-corrected chi connectivity index (χ3v) is 6.87. The number of hydrogen-bond donors (Lipinski definition) is 2. The minimum atomic E-state index is -0.534. The number of hydrogen-bond acceptors (Lipinski definition) is 6. The van der Waals surface area contributed by atoms with Gasteiger partial charge in [0.1, 0.15) is 15.9 Å². The van der Waals surface area contributed by atoms with Gasteiger partial charge in [-0.05, 0) is 56.6 Å². The first-order valence-electron chi connectivity index (χ1n) is 9.55. The van der Waals surface area contributed by atoms with Crippen molar-refractivity contribution in [3.8, 4) is 0 Å². The summed E-state index contributed by atoms with van der Waals surface area (Å²) in [5.41, 5.74) is 5.49. The molecule has 1 aliphatic heterocycles. The van der Waals surface area contributed by atoms with Gasteiger partial charge in [-0.1, -0.05) is 0 Å². The highest BCUT2D eigenvalue weighted by atomic mass is 32.1. The van der Waals surface area contributed by atoms with E-state index < -0.39 is 16.8 Å². The van der Waals surface area contributed by atoms with E-state index in [0.29, 0.717) is 23.6 Å². The van der Waals surface area contributed by atoms with E-state index in [1.54, 1.807) is 0 Å². The monoisotopic (exact) mass is 403 g/mol. The number of nitrogens with two attached hydrogens (primary N) is 1. The number of aromatic nitrogens is 3. The smallest absolute Gasteiger partial charge is 0.271 e. The lowest BCUT2D eigenvalue weighted by molar-refractivity contribution is 0.348. The molecule has 1 atom stereocenters. The Kier molecular flexibility index (Phi) is 3.73. The second-order valence-electron chi connectivity index (χ2n) is 8.56. The maximum absolute atomic E-state index is 15.0. The van der Waals surface area contributed by atoms with Gasteiger partial charge in [0.05, 0.1) is 5.39 Å². The van der Waals surface area contributed by atoms with Crippen LogP contribution in [0.25, 0.3) is 21.3 Å². The predicted octanol–water partition coefficient (Wildman–Crippen LogP) is 2.34. The van der Waals surface area contributed by atoms with E-state index in [2.05, 4.69) is 9.36 Å². The second-order valence-corrected chi connectivity index (χ2v) is 9.36. The SMILES string of the molecule is CC(C)(N)C1CCN(c2nc3c(cc2F)c(=O)c2c(=O)[nH]sc2n3C2CC2)C1. The van der Waals surface area contributed by atoms with E-state index >= 15 is 0 Å². The van der Waals surface area contributed by atoms with E-state index in [4.69, 9.17) is 5.73 Å². The summed E-state index contributed by atoms with van der Waals surface area (Å²) in [6.07, 6.45) is 2.79. The van der Waals surface area contributed by atoms with Crippen LogP contribution in [-0.4, -0.2) is 32.6 Å². The summed E-state index contributed by atoms with van der Waals surface area (Å²) in [5, 5.41) is 0.268. The highest BCUT2D eigenvalue weighted by Crippen LogP contribution is 2.40. The molecule has 0 radical (unpaired) electrons. The van der Waals surface area contributed by atoms with Crippen LogP contribution in [0.5, 0.6) is 0 Å². The molecule has 0 spiro atoms. The van der Waals surface area contributed by atoms with Crippen LogP contribution >= 0.6 is 11.5 Å². The molecule has 3 N–H and O–H groups in total. The van der Waals surface area contributed by atoms with Crippen molar-refractivity contribution in [3.05, 3.63) is 32.5 Å². The fourth-order valence-electron chi connectivity index (χ4n) is 4.17. The zero-order valence-corrected chi connectivity index (χ0v) is 16.6. The highest BCUT2D eigenvalue weighted by molar-refractivity contribution is 7.12. The van der Waals surface area contributed by atoms with Gasteiger partial charge in [0.15, 0.2) is 11.6 Å². The first kappa shape index (κ1) is 17.8. The Morgan fingerprint density at radius 3 is 2.71 bits per heavy atom. The first-order valence-corrected chi connectivity index (χ1v) is 10.4. The third-order valence-electron chi connectivity index (χ3n) is 5.99. The van der Waals surface area contributed by atoms with E-state index in [1.807, 2.05) is 23.3 Å². The van der Waals surface area contributed by atoms with Crippen molar-refractivity contribution in [3.63, 3.8) is 0 Å². The van der Waals surface area contributed by atoms with Crippen molar-refractivity contribution in [1.82, 2.24) is 13.9 Å². The molecule has 4 heterocycles. The van der Waals surface area contributed by atoms with Crippen LogP contribution in [0.4, 0.5) is 10.2 Å². The standard InChI is InChI=1S/C19H22FN5O2S/c1-19(2,21)9-5-6-24(8-9)16-12(20)7-11-14(26)13-17(27)23-28-18(13)25(10-3-4-10)15(11)22-16/h7,9-10H,3-6,8,21H2,1-2H3,(H,23,27). The molecule has 148 valence electrons. The number of anilines is 1. The number of halogens is 1. The van der Waals surface area contributed by atoms with Crippen molar-refractivity contribution in [2.75, 3.05) is 18.0 Å². The first-order chi connectivity index (χ1) is 13.3. The molecule has 1 saturated carbocycles. The van der Waals surface area contributed by atoms with Gasteiger partial charge in [0, 0.05) is 24.7 Å². The fraction of sp³-hybridized carbons (Fsp3) is 0.526. The summed E-state index contributed by atoms with van der Waals surface area (Å²) < 4.78 is 19.6. The largest absolute Gasteiger partial charge is 0.354 e. The molecule has 9 heteroatoms. The number of aromatic amines is 1. The molecule has 0 amide bonds. The van der Waals surface area contributed by atoms with Crippen molar-refractivity contribution in [2.24, 2.45) is 11.7 Å². The van der Waals surface area contributed by atoms with Gasteiger partial charge in [0.25, 0.3) is 5.56 Å². The molecule has 3 aromatic heterocycles. The van der Waals surface area contributed by atoms with Crippen LogP contribution in [0.3, 0.4) is 0 Å². The number of nitrogens with one attached hydrogen (secondary N) is 1. The predicted molar refractivity (Wildman–Crippen MR) is 109 cm³/mol. The second kappa shape index (κ2) is 5.87. The fourth-order valence-corrected chi connectivity index (χ4v) is 5.08. The molecule has 1 unspecified atom stereocenters. The Labute approximate surface area is 164 Å². The van der Waals surface area contributed by atoms with Crippen LogP contribution in [-0.2, 0) is 0 Å². The number of rotatable bonds is 3. The Balaban J connectivity index is 1.73. The highest BCUT2D eigenvalue weighted by Gasteiger charge is 2.35. The summed E-state index contributed by atoms with van der Waals surface area (Å²) in [6, 6.07) is 1.44. The number of pyridine rings is 2. The van der Waals surface area contributed by atoms with Crippen molar-refractivity contribution in [1.29, 1.82) is 0 Å². The van der Waals surface area contributed by atoms with E-state index in [1.165, 1.54) is 6.07 Å². The maximum atomic E-state index is 15.0. The molecule has 3 aromatic rings. The normalized spacial score (nSPS) is 20.6. The molecule has 1 saturated heterocycles. The number of fused-ring (bicyclic) bond motifs is 2. The maximum Gasteiger partial charge on any atom is 0.271 e. The minimum absolute atomic E-state index is 0.101. The van der Waals surface area contributed by atoms with Gasteiger partial charge in [-0.3, -0.25) is 14.0 Å². The van der Waals surface area contributed by atoms with Gasteiger partial charge in [-0.2, -0.15) is 0 Å². The van der Waals surface area contributed by atoms with Crippen LogP contribution in [0.1, 0.15) is 39.2 Å². The Bertz CT molecular complexity index is 1220. The molecular formula is C19H22FN5O2S. The molecule has 28 heavy (non-hydrogen) atoms. The molecule has 0 bridgehead atoms. The van der Waals surface area contributed by atoms with Crippen molar-refractivity contribution >= 4 is 38.6 Å². The Hall–Kier alpha value is -2.26. The quantitative estimate of drug-likeness (QED) is 0.700. The van der Waals surface area contributed by atoms with Crippen LogP contribution in [0, 0.1) is 11.7 Å². The Morgan fingerprint density at radius 2 is 2.07 bits per heavy atom. The molecule has 2 fully saturated rings. The topological polar surface area (TPSA) is 97.0 Å². The Morgan fingerprint density at radius 1 is 1.32 bits per heavy atom. The lowest BCUT2D eigenvalue weighted by Crippen LogP contribution is -2.42. The lowest BCUT2D eigenvalue weighted by atomic mass is 9.88. The molecule has 1 aliphatic carbocycles. The zero-order valence-electron chi connectivity index (χ0n) is 15.8. The van der Waals surface area contributed by atoms with E-state index in [0.717, 1.165) is 30.8 Å². The molecular weight excluding hydrogens is 381 g/mol. The average molecular weight is 403 g/mol. The summed E-state index contributed by atoms with van der Waals surface area (Å²) in [6.45, 7) is 5.28. The van der Waals surface area contributed by atoms with Crippen molar-refractivity contribution in [2.45, 2.75) is 44.7 Å². The van der Waals surface area contributed by atoms with Gasteiger partial charge in [-0.15, -0.1) is 0 Å². The van der Waals surface area contributed by atoms with Gasteiger partial charge in [-0.25, -0.2) is 9.37 Å². The van der Waals surface area contributed by atoms with Gasteiger partial charge < -0.3 is 15.2 Å². The van der Waals surface area contributed by atoms with Crippen LogP contribution in [0.15, 0.2) is 15.7 Å². The summed E-state index contributed by atoms with van der Waals surface area (Å²) >= 11 is 1.15.